The largest absolute Gasteiger partial charge is 0.630 e. The second-order valence-electron chi connectivity index (χ2n) is 2.71. The predicted octanol–water partition coefficient (Wildman–Crippen LogP) is 0.857. The van der Waals surface area contributed by atoms with Crippen molar-refractivity contribution in [1.82, 2.24) is 0 Å². The van der Waals surface area contributed by atoms with Crippen LogP contribution >= 0.6 is 15.9 Å². The number of benzene rings is 1. The van der Waals surface area contributed by atoms with Crippen molar-refractivity contribution in [2.75, 3.05) is 7.11 Å². The fraction of sp³-hybridized carbons (Fsp3) is 0.222. The quantitative estimate of drug-likeness (QED) is 0.498. The van der Waals surface area contributed by atoms with Crippen LogP contribution in [0.2, 0.25) is 0 Å². The molecule has 4 nitrogen and oxygen atoms in total. The third kappa shape index (κ3) is 2.80. The average molecular weight is 260 g/mol. The SMILES string of the molecule is COC(=O)Cc1ccc(Br)cc1[NH2+][O-]. The van der Waals surface area contributed by atoms with Crippen LogP contribution in [0.3, 0.4) is 0 Å². The van der Waals surface area contributed by atoms with Gasteiger partial charge in [-0.15, -0.1) is 0 Å². The Morgan fingerprint density at radius 2 is 2.36 bits per heavy atom. The Balaban J connectivity index is 2.90. The van der Waals surface area contributed by atoms with E-state index in [1.165, 1.54) is 7.11 Å². The summed E-state index contributed by atoms with van der Waals surface area (Å²) in [6.45, 7) is 0. The van der Waals surface area contributed by atoms with Crippen LogP contribution in [0.4, 0.5) is 5.69 Å². The number of carbonyl (C=O) groups is 1. The van der Waals surface area contributed by atoms with Gasteiger partial charge in [-0.05, 0) is 6.07 Å². The molecule has 0 saturated heterocycles. The molecule has 0 amide bonds. The van der Waals surface area contributed by atoms with E-state index in [-0.39, 0.29) is 12.4 Å². The van der Waals surface area contributed by atoms with Crippen LogP contribution in [0, 0.1) is 5.21 Å². The zero-order chi connectivity index (χ0) is 10.6. The van der Waals surface area contributed by atoms with Gasteiger partial charge in [-0.1, -0.05) is 22.0 Å². The summed E-state index contributed by atoms with van der Waals surface area (Å²) in [6.07, 6.45) is 0.123. The molecule has 0 aliphatic heterocycles. The first kappa shape index (κ1) is 11.2. The lowest BCUT2D eigenvalue weighted by Crippen LogP contribution is -2.70. The molecule has 2 N–H and O–H groups in total. The van der Waals surface area contributed by atoms with E-state index in [9.17, 15) is 10.0 Å². The average Bonchev–Trinajstić information content (AvgIpc) is 2.20. The van der Waals surface area contributed by atoms with Crippen molar-refractivity contribution in [2.24, 2.45) is 0 Å². The number of quaternary nitrogens is 1. The molecular weight excluding hydrogens is 250 g/mol. The van der Waals surface area contributed by atoms with Crippen LogP contribution in [0.15, 0.2) is 22.7 Å². The van der Waals surface area contributed by atoms with E-state index >= 15 is 0 Å². The molecule has 0 saturated carbocycles. The number of hydrogen-bond donors (Lipinski definition) is 1. The van der Waals surface area contributed by atoms with Crippen molar-refractivity contribution in [3.05, 3.63) is 33.4 Å². The van der Waals surface area contributed by atoms with Crippen LogP contribution < -0.4 is 5.48 Å². The Kier molecular flexibility index (Phi) is 4.06. The second-order valence-corrected chi connectivity index (χ2v) is 3.63. The van der Waals surface area contributed by atoms with Gasteiger partial charge >= 0.3 is 5.97 Å². The number of carbonyl (C=O) groups excluding carboxylic acids is 1. The topological polar surface area (TPSA) is 66.0 Å². The standard InChI is InChI=1S/C9H10BrNO3/c1-14-9(12)4-6-2-3-7(10)5-8(6)11-13/h2-3,5H,4,11H2,1H3. The van der Waals surface area contributed by atoms with Crippen LogP contribution in [-0.4, -0.2) is 13.1 Å². The summed E-state index contributed by atoms with van der Waals surface area (Å²) < 4.78 is 5.33. The molecular formula is C9H10BrNO3. The van der Waals surface area contributed by atoms with Crippen LogP contribution in [0.5, 0.6) is 0 Å². The lowest BCUT2D eigenvalue weighted by Gasteiger charge is -2.08. The molecule has 0 bridgehead atoms. The molecule has 0 aliphatic carbocycles. The van der Waals surface area contributed by atoms with Gasteiger partial charge in [0.25, 0.3) is 0 Å². The second kappa shape index (κ2) is 5.09. The van der Waals surface area contributed by atoms with Crippen LogP contribution in [0.1, 0.15) is 5.56 Å². The van der Waals surface area contributed by atoms with Gasteiger partial charge in [0.05, 0.1) is 13.5 Å². The maximum Gasteiger partial charge on any atom is 0.310 e. The van der Waals surface area contributed by atoms with Crippen molar-refractivity contribution < 1.29 is 15.0 Å². The van der Waals surface area contributed by atoms with Crippen molar-refractivity contribution >= 4 is 27.6 Å². The molecule has 0 aromatic heterocycles. The highest BCUT2D eigenvalue weighted by Crippen LogP contribution is 2.18. The highest BCUT2D eigenvalue weighted by molar-refractivity contribution is 9.10. The maximum absolute atomic E-state index is 11.0. The van der Waals surface area contributed by atoms with Crippen molar-refractivity contribution in [3.8, 4) is 0 Å². The van der Waals surface area contributed by atoms with Gasteiger partial charge in [-0.2, -0.15) is 0 Å². The molecule has 0 unspecified atom stereocenters. The number of rotatable bonds is 3. The molecule has 76 valence electrons. The van der Waals surface area contributed by atoms with Gasteiger partial charge in [0.2, 0.25) is 0 Å². The number of esters is 1. The predicted molar refractivity (Wildman–Crippen MR) is 54.8 cm³/mol. The minimum Gasteiger partial charge on any atom is -0.630 e. The van der Waals surface area contributed by atoms with E-state index in [1.807, 2.05) is 0 Å². The molecule has 14 heavy (non-hydrogen) atoms. The molecule has 1 aromatic rings. The molecule has 0 aliphatic rings. The summed E-state index contributed by atoms with van der Waals surface area (Å²) in [5.41, 5.74) is 1.91. The fourth-order valence-electron chi connectivity index (χ4n) is 1.06. The minimum absolute atomic E-state index is 0.123. The van der Waals surface area contributed by atoms with Gasteiger partial charge in [0.1, 0.15) is 5.69 Å². The molecule has 0 atom stereocenters. The van der Waals surface area contributed by atoms with Crippen molar-refractivity contribution in [2.45, 2.75) is 6.42 Å². The Morgan fingerprint density at radius 1 is 1.64 bits per heavy atom. The highest BCUT2D eigenvalue weighted by Gasteiger charge is 2.09. The lowest BCUT2D eigenvalue weighted by molar-refractivity contribution is -0.497. The summed E-state index contributed by atoms with van der Waals surface area (Å²) in [7, 11) is 1.32. The molecule has 0 spiro atoms. The minimum atomic E-state index is -0.351. The van der Waals surface area contributed by atoms with Gasteiger partial charge in [-0.3, -0.25) is 4.79 Å². The smallest absolute Gasteiger partial charge is 0.310 e. The summed E-state index contributed by atoms with van der Waals surface area (Å²) >= 11 is 3.25. The van der Waals surface area contributed by atoms with Gasteiger partial charge in [0.15, 0.2) is 0 Å². The monoisotopic (exact) mass is 259 g/mol. The number of methoxy groups -OCH3 is 1. The highest BCUT2D eigenvalue weighted by atomic mass is 79.9. The third-order valence-electron chi connectivity index (χ3n) is 1.80. The Morgan fingerprint density at radius 3 is 2.93 bits per heavy atom. The van der Waals surface area contributed by atoms with Gasteiger partial charge in [-0.25, -0.2) is 0 Å². The van der Waals surface area contributed by atoms with Gasteiger partial charge < -0.3 is 15.4 Å². The van der Waals surface area contributed by atoms with E-state index in [1.54, 1.807) is 18.2 Å². The Labute approximate surface area is 90.0 Å². The normalized spacial score (nSPS) is 9.93. The summed E-state index contributed by atoms with van der Waals surface area (Å²) in [5, 5.41) is 10.7. The maximum atomic E-state index is 11.0. The first-order valence-electron chi connectivity index (χ1n) is 3.97. The fourth-order valence-corrected chi connectivity index (χ4v) is 1.44. The summed E-state index contributed by atoms with van der Waals surface area (Å²) in [6, 6.07) is 5.18. The number of ether oxygens (including phenoxy) is 1. The summed E-state index contributed by atoms with van der Waals surface area (Å²) in [5.74, 6) is -0.351. The third-order valence-corrected chi connectivity index (χ3v) is 2.29. The summed E-state index contributed by atoms with van der Waals surface area (Å²) in [4.78, 5) is 11.0. The van der Waals surface area contributed by atoms with E-state index < -0.39 is 0 Å². The van der Waals surface area contributed by atoms with E-state index in [2.05, 4.69) is 20.7 Å². The molecule has 5 heteroatoms. The van der Waals surface area contributed by atoms with Crippen molar-refractivity contribution in [1.29, 1.82) is 0 Å². The zero-order valence-electron chi connectivity index (χ0n) is 7.62. The Bertz CT molecular complexity index is 341. The molecule has 0 radical (unpaired) electrons. The first-order chi connectivity index (χ1) is 6.67. The van der Waals surface area contributed by atoms with Crippen LogP contribution in [0.25, 0.3) is 0 Å². The number of halogens is 1. The number of hydrogen-bond acceptors (Lipinski definition) is 3. The Hall–Kier alpha value is -0.910. The number of nitrogens with two attached hydrogens (primary N) is 1. The van der Waals surface area contributed by atoms with E-state index in [0.717, 1.165) is 9.95 Å². The van der Waals surface area contributed by atoms with E-state index in [4.69, 9.17) is 0 Å². The lowest BCUT2D eigenvalue weighted by atomic mass is 10.1. The first-order valence-corrected chi connectivity index (χ1v) is 4.77. The van der Waals surface area contributed by atoms with E-state index in [0.29, 0.717) is 11.3 Å². The van der Waals surface area contributed by atoms with Crippen LogP contribution in [-0.2, 0) is 16.0 Å². The van der Waals surface area contributed by atoms with Gasteiger partial charge in [0, 0.05) is 16.1 Å². The van der Waals surface area contributed by atoms with Crippen molar-refractivity contribution in [3.63, 3.8) is 0 Å². The molecule has 1 aromatic carbocycles. The molecule has 0 heterocycles. The molecule has 1 rings (SSSR count). The zero-order valence-corrected chi connectivity index (χ0v) is 9.21. The molecule has 0 fully saturated rings.